The second-order valence-electron chi connectivity index (χ2n) is 5.88. The quantitative estimate of drug-likeness (QED) is 0.825. The molecule has 1 atom stereocenters. The van der Waals surface area contributed by atoms with Crippen molar-refractivity contribution in [3.8, 4) is 6.07 Å². The first-order valence-electron chi connectivity index (χ1n) is 6.38. The third-order valence-corrected chi connectivity index (χ3v) is 3.99. The van der Waals surface area contributed by atoms with Gasteiger partial charge in [0.15, 0.2) is 0 Å². The Morgan fingerprint density at radius 2 is 1.58 bits per heavy atom. The van der Waals surface area contributed by atoms with Crippen molar-refractivity contribution < 1.29 is 9.31 Å². The van der Waals surface area contributed by atoms with E-state index in [4.69, 9.17) is 20.3 Å². The lowest BCUT2D eigenvalue weighted by atomic mass is 9.75. The molecule has 4 nitrogen and oxygen atoms in total. The summed E-state index contributed by atoms with van der Waals surface area (Å²) < 4.78 is 11.8. The highest BCUT2D eigenvalue weighted by atomic mass is 16.7. The van der Waals surface area contributed by atoms with Crippen LogP contribution in [0.5, 0.6) is 0 Å². The zero-order valence-electron chi connectivity index (χ0n) is 11.8. The normalized spacial score (nSPS) is 22.0. The fourth-order valence-corrected chi connectivity index (χ4v) is 1.97. The lowest BCUT2D eigenvalue weighted by Gasteiger charge is -2.32. The van der Waals surface area contributed by atoms with Gasteiger partial charge in [-0.25, -0.2) is 0 Å². The van der Waals surface area contributed by atoms with Crippen LogP contribution in [-0.4, -0.2) is 18.3 Å². The molecule has 1 saturated heterocycles. The first-order chi connectivity index (χ1) is 8.77. The van der Waals surface area contributed by atoms with E-state index >= 15 is 0 Å². The van der Waals surface area contributed by atoms with Crippen molar-refractivity contribution in [3.05, 3.63) is 35.4 Å². The van der Waals surface area contributed by atoms with Gasteiger partial charge in [-0.1, -0.05) is 12.1 Å². The van der Waals surface area contributed by atoms with Gasteiger partial charge in [-0.05, 0) is 45.4 Å². The average Bonchev–Trinajstić information content (AvgIpc) is 2.58. The van der Waals surface area contributed by atoms with E-state index in [1.165, 1.54) is 0 Å². The molecular formula is C14H19BN2O2. The van der Waals surface area contributed by atoms with Crippen molar-refractivity contribution >= 4 is 7.12 Å². The molecule has 1 aromatic carbocycles. The van der Waals surface area contributed by atoms with Crippen molar-refractivity contribution in [1.82, 2.24) is 0 Å². The van der Waals surface area contributed by atoms with E-state index in [0.717, 1.165) is 5.56 Å². The summed E-state index contributed by atoms with van der Waals surface area (Å²) in [5.74, 6) is -0.367. The molecule has 0 spiro atoms. The number of nitrogens with zero attached hydrogens (tertiary/aromatic N) is 1. The van der Waals surface area contributed by atoms with Gasteiger partial charge < -0.3 is 15.0 Å². The predicted molar refractivity (Wildman–Crippen MR) is 74.2 cm³/mol. The van der Waals surface area contributed by atoms with Crippen molar-refractivity contribution in [1.29, 1.82) is 5.26 Å². The highest BCUT2D eigenvalue weighted by Gasteiger charge is 2.53. The van der Waals surface area contributed by atoms with Gasteiger partial charge in [0.2, 0.25) is 0 Å². The molecule has 0 bridgehead atoms. The lowest BCUT2D eigenvalue weighted by Crippen LogP contribution is -2.41. The van der Waals surface area contributed by atoms with Gasteiger partial charge in [0, 0.05) is 0 Å². The van der Waals surface area contributed by atoms with E-state index in [1.54, 1.807) is 12.1 Å². The van der Waals surface area contributed by atoms with Gasteiger partial charge in [0.1, 0.15) is 0 Å². The molecule has 0 radical (unpaired) electrons. The first-order valence-corrected chi connectivity index (χ1v) is 6.38. The largest absolute Gasteiger partial charge is 0.480 e. The summed E-state index contributed by atoms with van der Waals surface area (Å²) in [6, 6.07) is 9.27. The number of rotatable bonds is 2. The lowest BCUT2D eigenvalue weighted by molar-refractivity contribution is 0.00578. The third kappa shape index (κ3) is 2.52. The minimum Gasteiger partial charge on any atom is -0.402 e. The second-order valence-corrected chi connectivity index (χ2v) is 5.88. The zero-order chi connectivity index (χ0) is 14.3. The summed E-state index contributed by atoms with van der Waals surface area (Å²) >= 11 is 0. The molecule has 1 aromatic rings. The van der Waals surface area contributed by atoms with Crippen LogP contribution in [0.15, 0.2) is 24.3 Å². The maximum atomic E-state index is 8.79. The van der Waals surface area contributed by atoms with Crippen LogP contribution in [0.3, 0.4) is 0 Å². The Morgan fingerprint density at radius 1 is 1.11 bits per heavy atom. The van der Waals surface area contributed by atoms with Crippen LogP contribution in [0, 0.1) is 11.3 Å². The van der Waals surface area contributed by atoms with Crippen molar-refractivity contribution in [2.24, 2.45) is 5.73 Å². The van der Waals surface area contributed by atoms with Crippen molar-refractivity contribution in [3.63, 3.8) is 0 Å². The van der Waals surface area contributed by atoms with Crippen LogP contribution in [-0.2, 0) is 9.31 Å². The zero-order valence-corrected chi connectivity index (χ0v) is 11.8. The molecule has 1 aliphatic heterocycles. The Morgan fingerprint density at radius 3 is 2.00 bits per heavy atom. The molecule has 19 heavy (non-hydrogen) atoms. The number of nitrogens with two attached hydrogens (primary N) is 1. The van der Waals surface area contributed by atoms with E-state index < -0.39 is 7.12 Å². The number of nitriles is 1. The molecule has 1 heterocycles. The molecule has 0 unspecified atom stereocenters. The molecule has 0 aromatic heterocycles. The van der Waals surface area contributed by atoms with Crippen LogP contribution in [0.4, 0.5) is 0 Å². The molecule has 5 heteroatoms. The van der Waals surface area contributed by atoms with Gasteiger partial charge in [-0.15, -0.1) is 0 Å². The monoisotopic (exact) mass is 258 g/mol. The summed E-state index contributed by atoms with van der Waals surface area (Å²) in [6.07, 6.45) is 0. The van der Waals surface area contributed by atoms with Crippen molar-refractivity contribution in [2.75, 3.05) is 0 Å². The Balaban J connectivity index is 2.17. The smallest absolute Gasteiger partial charge is 0.402 e. The van der Waals surface area contributed by atoms with Crippen LogP contribution in [0.1, 0.15) is 44.8 Å². The fourth-order valence-electron chi connectivity index (χ4n) is 1.97. The van der Waals surface area contributed by atoms with E-state index in [1.807, 2.05) is 39.8 Å². The average molecular weight is 258 g/mol. The molecule has 0 saturated carbocycles. The van der Waals surface area contributed by atoms with Gasteiger partial charge in [-0.2, -0.15) is 5.26 Å². The van der Waals surface area contributed by atoms with E-state index in [9.17, 15) is 0 Å². The summed E-state index contributed by atoms with van der Waals surface area (Å²) in [5, 5.41) is 8.79. The third-order valence-electron chi connectivity index (χ3n) is 3.99. The Hall–Kier alpha value is -1.35. The van der Waals surface area contributed by atoms with Gasteiger partial charge >= 0.3 is 7.12 Å². The Kier molecular flexibility index (Phi) is 3.44. The second kappa shape index (κ2) is 4.64. The highest BCUT2D eigenvalue weighted by Crippen LogP contribution is 2.39. The Labute approximate surface area is 114 Å². The van der Waals surface area contributed by atoms with Crippen LogP contribution in [0.25, 0.3) is 0 Å². The van der Waals surface area contributed by atoms with Crippen molar-refractivity contribution in [2.45, 2.75) is 44.8 Å². The summed E-state index contributed by atoms with van der Waals surface area (Å²) in [7, 11) is -0.474. The van der Waals surface area contributed by atoms with Gasteiger partial charge in [-0.3, -0.25) is 0 Å². The summed E-state index contributed by atoms with van der Waals surface area (Å²) in [5.41, 5.74) is 6.94. The molecular weight excluding hydrogens is 239 g/mol. The molecule has 0 aliphatic carbocycles. The molecule has 1 fully saturated rings. The van der Waals surface area contributed by atoms with Gasteiger partial charge in [0.25, 0.3) is 0 Å². The number of hydrogen-bond acceptors (Lipinski definition) is 4. The summed E-state index contributed by atoms with van der Waals surface area (Å²) in [6.45, 7) is 7.99. The Bertz CT molecular complexity index is 489. The first kappa shape index (κ1) is 14.1. The maximum absolute atomic E-state index is 8.79. The van der Waals surface area contributed by atoms with E-state index in [-0.39, 0.29) is 17.1 Å². The minimum atomic E-state index is -0.474. The number of benzene rings is 1. The topological polar surface area (TPSA) is 68.3 Å². The molecule has 2 N–H and O–H groups in total. The number of hydrogen-bond donors (Lipinski definition) is 1. The predicted octanol–water partition coefficient (Wildman–Crippen LogP) is 2.19. The highest BCUT2D eigenvalue weighted by molar-refractivity contribution is 6.47. The molecule has 100 valence electrons. The van der Waals surface area contributed by atoms with Crippen LogP contribution < -0.4 is 5.73 Å². The SMILES string of the molecule is CC1(C)OB([C@@H](N)c2ccc(C#N)cc2)OC1(C)C. The molecule has 2 rings (SSSR count). The molecule has 1 aliphatic rings. The standard InChI is InChI=1S/C14H19BN2O2/c1-13(2)14(3,4)19-15(18-13)12(17)11-7-5-10(9-16)6-8-11/h5-8,12H,17H2,1-4H3/t12-/m0/s1. The maximum Gasteiger partial charge on any atom is 0.480 e. The van der Waals surface area contributed by atoms with Crippen LogP contribution in [0.2, 0.25) is 0 Å². The van der Waals surface area contributed by atoms with Gasteiger partial charge in [0.05, 0.1) is 28.8 Å². The minimum absolute atomic E-state index is 0.367. The fraction of sp³-hybridized carbons (Fsp3) is 0.500. The van der Waals surface area contributed by atoms with Crippen LogP contribution >= 0.6 is 0 Å². The van der Waals surface area contributed by atoms with E-state index in [0.29, 0.717) is 5.56 Å². The molecule has 0 amide bonds. The summed E-state index contributed by atoms with van der Waals surface area (Å²) in [4.78, 5) is 0. The van der Waals surface area contributed by atoms with E-state index in [2.05, 4.69) is 6.07 Å².